The van der Waals surface area contributed by atoms with Gasteiger partial charge in [0.2, 0.25) is 11.5 Å². The summed E-state index contributed by atoms with van der Waals surface area (Å²) in [6, 6.07) is 16.9. The summed E-state index contributed by atoms with van der Waals surface area (Å²) >= 11 is 0. The number of Topliss-reactive ketones (excluding diaryl/α,β-unsaturated/α-hetero) is 1. The van der Waals surface area contributed by atoms with Crippen LogP contribution in [0, 0.1) is 5.92 Å². The SMILES string of the molecule is COc1ccc(OC2=COC3CC(OC(=O)CCc4ccccc4)CCC3C2=O)cc1. The molecule has 0 aromatic heterocycles. The van der Waals surface area contributed by atoms with Gasteiger partial charge in [-0.25, -0.2) is 0 Å². The van der Waals surface area contributed by atoms with Crippen LogP contribution >= 0.6 is 0 Å². The number of hydrogen-bond donors (Lipinski definition) is 0. The summed E-state index contributed by atoms with van der Waals surface area (Å²) in [7, 11) is 1.59. The molecular formula is C25H26O6. The largest absolute Gasteiger partial charge is 0.497 e. The Balaban J connectivity index is 1.29. The van der Waals surface area contributed by atoms with Crippen molar-refractivity contribution >= 4 is 11.8 Å². The third-order valence-corrected chi connectivity index (χ3v) is 5.72. The van der Waals surface area contributed by atoms with Crippen molar-refractivity contribution in [3.05, 3.63) is 72.2 Å². The van der Waals surface area contributed by atoms with Crippen LogP contribution in [-0.4, -0.2) is 31.1 Å². The van der Waals surface area contributed by atoms with Crippen molar-refractivity contribution in [2.75, 3.05) is 7.11 Å². The van der Waals surface area contributed by atoms with Crippen LogP contribution < -0.4 is 9.47 Å². The molecule has 2 aromatic rings. The number of allylic oxidation sites excluding steroid dienone is 1. The van der Waals surface area contributed by atoms with Gasteiger partial charge < -0.3 is 18.9 Å². The van der Waals surface area contributed by atoms with E-state index in [4.69, 9.17) is 18.9 Å². The van der Waals surface area contributed by atoms with Crippen molar-refractivity contribution in [3.8, 4) is 11.5 Å². The average molecular weight is 422 g/mol. The number of ether oxygens (including phenoxy) is 4. The van der Waals surface area contributed by atoms with Crippen LogP contribution in [0.25, 0.3) is 0 Å². The number of hydrogen-bond acceptors (Lipinski definition) is 6. The van der Waals surface area contributed by atoms with E-state index < -0.39 is 0 Å². The van der Waals surface area contributed by atoms with Crippen LogP contribution in [0.15, 0.2) is 66.6 Å². The molecule has 3 unspecified atom stereocenters. The molecule has 1 aliphatic carbocycles. The van der Waals surface area contributed by atoms with Crippen LogP contribution in [-0.2, 0) is 25.5 Å². The maximum Gasteiger partial charge on any atom is 0.306 e. The van der Waals surface area contributed by atoms with Gasteiger partial charge in [-0.05, 0) is 49.1 Å². The lowest BCUT2D eigenvalue weighted by atomic mass is 9.80. The molecular weight excluding hydrogens is 396 g/mol. The number of fused-ring (bicyclic) bond motifs is 1. The number of methoxy groups -OCH3 is 1. The smallest absolute Gasteiger partial charge is 0.306 e. The fourth-order valence-electron chi connectivity index (χ4n) is 4.02. The Morgan fingerprint density at radius 3 is 2.52 bits per heavy atom. The van der Waals surface area contributed by atoms with E-state index in [9.17, 15) is 9.59 Å². The van der Waals surface area contributed by atoms with Gasteiger partial charge in [0, 0.05) is 12.8 Å². The highest BCUT2D eigenvalue weighted by molar-refractivity contribution is 5.96. The highest BCUT2D eigenvalue weighted by atomic mass is 16.6. The van der Waals surface area contributed by atoms with Crippen molar-refractivity contribution in [1.82, 2.24) is 0 Å². The van der Waals surface area contributed by atoms with Gasteiger partial charge in [0.15, 0.2) is 0 Å². The first-order valence-electron chi connectivity index (χ1n) is 10.6. The fourth-order valence-corrected chi connectivity index (χ4v) is 4.02. The van der Waals surface area contributed by atoms with Gasteiger partial charge in [0.05, 0.1) is 13.0 Å². The van der Waals surface area contributed by atoms with E-state index in [0.717, 1.165) is 5.56 Å². The molecule has 6 heteroatoms. The molecule has 1 saturated carbocycles. The third kappa shape index (κ3) is 5.26. The van der Waals surface area contributed by atoms with E-state index in [2.05, 4.69) is 0 Å². The topological polar surface area (TPSA) is 71.1 Å². The standard InChI is InChI=1S/C25H26O6/c1-28-18-8-10-19(11-9-18)30-23-16-29-22-15-20(12-13-21(22)25(23)27)31-24(26)14-7-17-5-3-2-4-6-17/h2-6,8-11,16,20-22H,7,12-15H2,1H3. The maximum absolute atomic E-state index is 12.9. The summed E-state index contributed by atoms with van der Waals surface area (Å²) < 4.78 is 22.3. The molecule has 0 saturated heterocycles. The minimum absolute atomic E-state index is 0.0686. The van der Waals surface area contributed by atoms with Crippen molar-refractivity contribution in [1.29, 1.82) is 0 Å². The molecule has 1 aliphatic heterocycles. The molecule has 0 bridgehead atoms. The Morgan fingerprint density at radius 2 is 1.77 bits per heavy atom. The summed E-state index contributed by atoms with van der Waals surface area (Å²) in [5.74, 6) is 0.893. The first kappa shape index (κ1) is 21.0. The van der Waals surface area contributed by atoms with Gasteiger partial charge in [0.25, 0.3) is 0 Å². The molecule has 162 valence electrons. The minimum Gasteiger partial charge on any atom is -0.497 e. The molecule has 0 spiro atoms. The maximum atomic E-state index is 12.9. The normalized spacial score (nSPS) is 22.5. The Hall–Kier alpha value is -3.28. The number of aryl methyl sites for hydroxylation is 1. The summed E-state index contributed by atoms with van der Waals surface area (Å²) in [5, 5.41) is 0. The lowest BCUT2D eigenvalue weighted by molar-refractivity contribution is -0.155. The highest BCUT2D eigenvalue weighted by Gasteiger charge is 2.42. The van der Waals surface area contributed by atoms with Crippen LogP contribution in [0.5, 0.6) is 11.5 Å². The molecule has 4 rings (SSSR count). The van der Waals surface area contributed by atoms with Gasteiger partial charge in [-0.3, -0.25) is 9.59 Å². The molecule has 0 radical (unpaired) electrons. The number of rotatable bonds is 7. The van der Waals surface area contributed by atoms with Crippen LogP contribution in [0.3, 0.4) is 0 Å². The lowest BCUT2D eigenvalue weighted by Crippen LogP contribution is -2.43. The second kappa shape index (κ2) is 9.69. The first-order valence-corrected chi connectivity index (χ1v) is 10.6. The molecule has 2 aromatic carbocycles. The Morgan fingerprint density at radius 1 is 1.03 bits per heavy atom. The third-order valence-electron chi connectivity index (χ3n) is 5.72. The molecule has 31 heavy (non-hydrogen) atoms. The number of carbonyl (C=O) groups excluding carboxylic acids is 2. The predicted octanol–water partition coefficient (Wildman–Crippen LogP) is 4.23. The molecule has 2 aliphatic rings. The van der Waals surface area contributed by atoms with E-state index in [1.54, 1.807) is 31.4 Å². The molecule has 1 heterocycles. The highest BCUT2D eigenvalue weighted by Crippen LogP contribution is 2.35. The van der Waals surface area contributed by atoms with Gasteiger partial charge in [-0.1, -0.05) is 30.3 Å². The summed E-state index contributed by atoms with van der Waals surface area (Å²) in [5.41, 5.74) is 1.11. The fraction of sp³-hybridized carbons (Fsp3) is 0.360. The Kier molecular flexibility index (Phi) is 6.55. The zero-order chi connectivity index (χ0) is 21.6. The Labute approximate surface area is 181 Å². The zero-order valence-electron chi connectivity index (χ0n) is 17.5. The molecule has 3 atom stereocenters. The van der Waals surface area contributed by atoms with Crippen molar-refractivity contribution < 1.29 is 28.5 Å². The molecule has 6 nitrogen and oxygen atoms in total. The predicted molar refractivity (Wildman–Crippen MR) is 114 cm³/mol. The van der Waals surface area contributed by atoms with E-state index in [1.807, 2.05) is 30.3 Å². The van der Waals surface area contributed by atoms with E-state index >= 15 is 0 Å². The first-order chi connectivity index (χ1) is 15.1. The zero-order valence-corrected chi connectivity index (χ0v) is 17.5. The van der Waals surface area contributed by atoms with Crippen molar-refractivity contribution in [2.45, 2.75) is 44.3 Å². The number of ketones is 1. The Bertz CT molecular complexity index is 934. The summed E-state index contributed by atoms with van der Waals surface area (Å²) in [6.07, 6.45) is 3.61. The monoisotopic (exact) mass is 422 g/mol. The van der Waals surface area contributed by atoms with Crippen LogP contribution in [0.2, 0.25) is 0 Å². The van der Waals surface area contributed by atoms with E-state index in [0.29, 0.717) is 43.6 Å². The van der Waals surface area contributed by atoms with E-state index in [-0.39, 0.29) is 35.6 Å². The van der Waals surface area contributed by atoms with Crippen LogP contribution in [0.4, 0.5) is 0 Å². The average Bonchev–Trinajstić information content (AvgIpc) is 2.81. The summed E-state index contributed by atoms with van der Waals surface area (Å²) in [6.45, 7) is 0. The quantitative estimate of drug-likeness (QED) is 0.622. The second-order valence-electron chi connectivity index (χ2n) is 7.82. The van der Waals surface area contributed by atoms with Crippen molar-refractivity contribution in [3.63, 3.8) is 0 Å². The van der Waals surface area contributed by atoms with Gasteiger partial charge in [-0.2, -0.15) is 0 Å². The van der Waals surface area contributed by atoms with Crippen molar-refractivity contribution in [2.24, 2.45) is 5.92 Å². The number of benzene rings is 2. The molecule has 0 N–H and O–H groups in total. The second-order valence-corrected chi connectivity index (χ2v) is 7.82. The summed E-state index contributed by atoms with van der Waals surface area (Å²) in [4.78, 5) is 25.1. The number of carbonyl (C=O) groups is 2. The van der Waals surface area contributed by atoms with E-state index in [1.165, 1.54) is 6.26 Å². The minimum atomic E-state index is -0.295. The molecule has 0 amide bonds. The lowest BCUT2D eigenvalue weighted by Gasteiger charge is -2.36. The van der Waals surface area contributed by atoms with Gasteiger partial charge in [0.1, 0.15) is 30.0 Å². The molecule has 1 fully saturated rings. The van der Waals surface area contributed by atoms with Gasteiger partial charge >= 0.3 is 5.97 Å². The number of esters is 1. The van der Waals surface area contributed by atoms with Crippen LogP contribution in [0.1, 0.15) is 31.2 Å². The van der Waals surface area contributed by atoms with Gasteiger partial charge in [-0.15, -0.1) is 0 Å².